The molecule has 0 spiro atoms. The molecule has 0 fully saturated rings. The third-order valence-electron chi connectivity index (χ3n) is 2.79. The minimum absolute atomic E-state index is 0.137. The van der Waals surface area contributed by atoms with Crippen LogP contribution in [0.5, 0.6) is 0 Å². The summed E-state index contributed by atoms with van der Waals surface area (Å²) in [5.74, 6) is 0. The van der Waals surface area contributed by atoms with E-state index >= 15 is 0 Å². The fourth-order valence-electron chi connectivity index (χ4n) is 1.86. The number of hydrogen-bond donors (Lipinski definition) is 1. The van der Waals surface area contributed by atoms with Gasteiger partial charge in [-0.25, -0.2) is 0 Å². The van der Waals surface area contributed by atoms with Crippen LogP contribution in [0.25, 0.3) is 10.9 Å². The topological polar surface area (TPSA) is 69.5 Å². The lowest BCUT2D eigenvalue weighted by Crippen LogP contribution is -2.11. The van der Waals surface area contributed by atoms with Crippen molar-refractivity contribution in [3.05, 3.63) is 39.4 Å². The maximum Gasteiger partial charge on any atom is 0.266 e. The number of fused-ring (bicyclic) bond motifs is 1. The number of rotatable bonds is 2. The number of aryl methyl sites for hydroxylation is 2. The molecule has 4 nitrogen and oxygen atoms in total. The van der Waals surface area contributed by atoms with Crippen LogP contribution in [0.4, 0.5) is 0 Å². The Labute approximate surface area is 98.9 Å². The second-order valence-corrected chi connectivity index (χ2v) is 3.85. The molecule has 0 aliphatic rings. The highest BCUT2D eigenvalue weighted by Gasteiger charge is 2.08. The summed E-state index contributed by atoms with van der Waals surface area (Å²) in [7, 11) is 0. The van der Waals surface area contributed by atoms with Gasteiger partial charge in [-0.05, 0) is 25.0 Å². The van der Waals surface area contributed by atoms with Gasteiger partial charge in [-0.15, -0.1) is 0 Å². The van der Waals surface area contributed by atoms with Crippen molar-refractivity contribution in [1.29, 1.82) is 5.26 Å². The molecule has 0 saturated heterocycles. The van der Waals surface area contributed by atoms with E-state index in [-0.39, 0.29) is 11.1 Å². The van der Waals surface area contributed by atoms with Gasteiger partial charge in [0.1, 0.15) is 11.6 Å². The van der Waals surface area contributed by atoms with Crippen molar-refractivity contribution in [3.63, 3.8) is 0 Å². The summed E-state index contributed by atoms with van der Waals surface area (Å²) in [6.07, 6.45) is 1.60. The molecule has 2 aromatic heterocycles. The molecule has 0 aromatic carbocycles. The maximum atomic E-state index is 11.6. The van der Waals surface area contributed by atoms with E-state index in [0.29, 0.717) is 0 Å². The van der Waals surface area contributed by atoms with E-state index in [1.807, 2.05) is 26.0 Å². The van der Waals surface area contributed by atoms with Gasteiger partial charge < -0.3 is 4.98 Å². The number of nitrogens with zero attached hydrogens (tertiary/aromatic N) is 2. The van der Waals surface area contributed by atoms with Gasteiger partial charge in [0, 0.05) is 16.8 Å². The van der Waals surface area contributed by atoms with E-state index in [1.54, 1.807) is 6.07 Å². The van der Waals surface area contributed by atoms with Crippen LogP contribution in [0.15, 0.2) is 16.9 Å². The van der Waals surface area contributed by atoms with Crippen LogP contribution < -0.4 is 5.56 Å². The van der Waals surface area contributed by atoms with Crippen LogP contribution >= 0.6 is 0 Å². The Morgan fingerprint density at radius 2 is 2.12 bits per heavy atom. The Hall–Kier alpha value is -2.15. The molecule has 0 radical (unpaired) electrons. The first-order valence-corrected chi connectivity index (χ1v) is 5.65. The molecule has 0 saturated carbocycles. The van der Waals surface area contributed by atoms with Crippen LogP contribution in [-0.4, -0.2) is 9.97 Å². The Kier molecular flexibility index (Phi) is 2.92. The standard InChI is InChI=1S/C13H13N3O/c1-3-9-6-12-10(11(4-2)15-9)5-8(7-14)13(17)16-12/h5-6H,3-4H2,1-2H3,(H,16,17). The fraction of sp³-hybridized carbons (Fsp3) is 0.308. The van der Waals surface area contributed by atoms with Gasteiger partial charge in [-0.3, -0.25) is 9.78 Å². The van der Waals surface area contributed by atoms with Gasteiger partial charge in [0.2, 0.25) is 0 Å². The largest absolute Gasteiger partial charge is 0.321 e. The van der Waals surface area contributed by atoms with Gasteiger partial charge in [-0.1, -0.05) is 13.8 Å². The van der Waals surface area contributed by atoms with Gasteiger partial charge >= 0.3 is 0 Å². The maximum absolute atomic E-state index is 11.6. The summed E-state index contributed by atoms with van der Waals surface area (Å²) in [4.78, 5) is 18.8. The highest BCUT2D eigenvalue weighted by molar-refractivity contribution is 5.82. The van der Waals surface area contributed by atoms with Crippen molar-refractivity contribution in [2.75, 3.05) is 0 Å². The SMILES string of the molecule is CCc1cc2[nH]c(=O)c(C#N)cc2c(CC)n1. The van der Waals surface area contributed by atoms with E-state index in [1.165, 1.54) is 0 Å². The number of pyridine rings is 2. The molecule has 0 amide bonds. The molecule has 4 heteroatoms. The molecule has 0 atom stereocenters. The number of aromatic amines is 1. The number of H-pyrrole nitrogens is 1. The summed E-state index contributed by atoms with van der Waals surface area (Å²) >= 11 is 0. The summed E-state index contributed by atoms with van der Waals surface area (Å²) in [5, 5.41) is 9.71. The number of hydrogen-bond acceptors (Lipinski definition) is 3. The molecular weight excluding hydrogens is 214 g/mol. The zero-order valence-electron chi connectivity index (χ0n) is 9.87. The fourth-order valence-corrected chi connectivity index (χ4v) is 1.86. The van der Waals surface area contributed by atoms with Crippen molar-refractivity contribution < 1.29 is 0 Å². The molecule has 2 aromatic rings. The zero-order valence-corrected chi connectivity index (χ0v) is 9.87. The van der Waals surface area contributed by atoms with Crippen LogP contribution in [-0.2, 0) is 12.8 Å². The third kappa shape index (κ3) is 1.92. The first-order chi connectivity index (χ1) is 8.19. The number of aromatic nitrogens is 2. The Bertz CT molecular complexity index is 665. The summed E-state index contributed by atoms with van der Waals surface area (Å²) in [5.41, 5.74) is 2.44. The van der Waals surface area contributed by atoms with E-state index < -0.39 is 0 Å². The minimum atomic E-state index is -0.338. The average Bonchev–Trinajstić information content (AvgIpc) is 2.36. The van der Waals surface area contributed by atoms with Gasteiger partial charge in [-0.2, -0.15) is 5.26 Å². The van der Waals surface area contributed by atoms with Crippen LogP contribution in [0.1, 0.15) is 30.8 Å². The Balaban J connectivity index is 2.86. The highest BCUT2D eigenvalue weighted by atomic mass is 16.1. The van der Waals surface area contributed by atoms with Gasteiger partial charge in [0.15, 0.2) is 0 Å². The van der Waals surface area contributed by atoms with E-state index in [0.717, 1.165) is 35.1 Å². The summed E-state index contributed by atoms with van der Waals surface area (Å²) < 4.78 is 0. The van der Waals surface area contributed by atoms with Gasteiger partial charge in [0.25, 0.3) is 5.56 Å². The van der Waals surface area contributed by atoms with Crippen molar-refractivity contribution >= 4 is 10.9 Å². The quantitative estimate of drug-likeness (QED) is 0.852. The van der Waals surface area contributed by atoms with Crippen molar-refractivity contribution in [2.45, 2.75) is 26.7 Å². The lowest BCUT2D eigenvalue weighted by molar-refractivity contribution is 0.967. The molecule has 0 bridgehead atoms. The van der Waals surface area contributed by atoms with Crippen molar-refractivity contribution in [2.24, 2.45) is 0 Å². The molecule has 2 heterocycles. The lowest BCUT2D eigenvalue weighted by Gasteiger charge is -2.06. The molecule has 0 aliphatic carbocycles. The van der Waals surface area contributed by atoms with Gasteiger partial charge in [0.05, 0.1) is 5.52 Å². The molecule has 1 N–H and O–H groups in total. The summed E-state index contributed by atoms with van der Waals surface area (Å²) in [6.45, 7) is 4.04. The van der Waals surface area contributed by atoms with Crippen LogP contribution in [0, 0.1) is 11.3 Å². The normalized spacial score (nSPS) is 10.4. The molecule has 0 aliphatic heterocycles. The summed E-state index contributed by atoms with van der Waals surface area (Å²) in [6, 6.07) is 5.39. The van der Waals surface area contributed by atoms with E-state index in [4.69, 9.17) is 5.26 Å². The number of nitriles is 1. The third-order valence-corrected chi connectivity index (χ3v) is 2.79. The molecule has 2 rings (SSSR count). The van der Waals surface area contributed by atoms with Crippen molar-refractivity contribution in [1.82, 2.24) is 9.97 Å². The highest BCUT2D eigenvalue weighted by Crippen LogP contribution is 2.17. The average molecular weight is 227 g/mol. The van der Waals surface area contributed by atoms with E-state index in [2.05, 4.69) is 9.97 Å². The Morgan fingerprint density at radius 1 is 1.35 bits per heavy atom. The minimum Gasteiger partial charge on any atom is -0.321 e. The first kappa shape index (κ1) is 11.3. The molecular formula is C13H13N3O. The van der Waals surface area contributed by atoms with Crippen LogP contribution in [0.3, 0.4) is 0 Å². The van der Waals surface area contributed by atoms with E-state index in [9.17, 15) is 4.79 Å². The zero-order chi connectivity index (χ0) is 12.4. The van der Waals surface area contributed by atoms with Crippen molar-refractivity contribution in [3.8, 4) is 6.07 Å². The lowest BCUT2D eigenvalue weighted by atomic mass is 10.1. The van der Waals surface area contributed by atoms with Crippen LogP contribution in [0.2, 0.25) is 0 Å². The number of nitrogens with one attached hydrogen (secondary N) is 1. The smallest absolute Gasteiger partial charge is 0.266 e. The predicted molar refractivity (Wildman–Crippen MR) is 65.8 cm³/mol. The predicted octanol–water partition coefficient (Wildman–Crippen LogP) is 1.92. The molecule has 0 unspecified atom stereocenters. The molecule has 86 valence electrons. The Morgan fingerprint density at radius 3 is 2.71 bits per heavy atom. The first-order valence-electron chi connectivity index (χ1n) is 5.65. The second kappa shape index (κ2) is 4.38. The monoisotopic (exact) mass is 227 g/mol. The second-order valence-electron chi connectivity index (χ2n) is 3.85. The molecule has 17 heavy (non-hydrogen) atoms.